The number of hydrogen-bond donors (Lipinski definition) is 4. The highest BCUT2D eigenvalue weighted by atomic mass is 32.2. The third-order valence-electron chi connectivity index (χ3n) is 8.32. The quantitative estimate of drug-likeness (QED) is 0.0334. The van der Waals surface area contributed by atoms with Crippen LogP contribution in [0, 0.1) is 0 Å². The molecule has 0 heterocycles. The fourth-order valence-electron chi connectivity index (χ4n) is 5.51. The summed E-state index contributed by atoms with van der Waals surface area (Å²) in [6.45, 7) is 4.45. The van der Waals surface area contributed by atoms with Crippen LogP contribution in [0.1, 0.15) is 181 Å². The van der Waals surface area contributed by atoms with Gasteiger partial charge in [0.15, 0.2) is 0 Å². The van der Waals surface area contributed by atoms with Crippen LogP contribution < -0.4 is 5.32 Å². The van der Waals surface area contributed by atoms with Gasteiger partial charge in [-0.3, -0.25) is 9.35 Å². The minimum atomic E-state index is -4.43. The first-order chi connectivity index (χ1) is 20.7. The lowest BCUT2D eigenvalue weighted by Gasteiger charge is -2.22. The molecule has 0 aliphatic rings. The van der Waals surface area contributed by atoms with E-state index in [-0.39, 0.29) is 6.42 Å². The Kier molecular flexibility index (Phi) is 29.1. The normalized spacial score (nSPS) is 14.3. The van der Waals surface area contributed by atoms with Crippen molar-refractivity contribution in [3.05, 3.63) is 12.2 Å². The molecule has 3 atom stereocenters. The number of carbonyl (C=O) groups is 1. The van der Waals surface area contributed by atoms with Crippen LogP contribution in [-0.2, 0) is 14.9 Å². The smallest absolute Gasteiger partial charge is 0.267 e. The maximum absolute atomic E-state index is 12.5. The first kappa shape index (κ1) is 42.0. The molecule has 7 nitrogen and oxygen atoms in total. The monoisotopic (exact) mass is 631 g/mol. The van der Waals surface area contributed by atoms with E-state index in [0.29, 0.717) is 6.42 Å². The zero-order valence-corrected chi connectivity index (χ0v) is 28.8. The number of unbranched alkanes of at least 4 members (excludes halogenated alkanes) is 23. The van der Waals surface area contributed by atoms with E-state index in [1.165, 1.54) is 122 Å². The van der Waals surface area contributed by atoms with Gasteiger partial charge in [0, 0.05) is 0 Å². The molecule has 8 heteroatoms. The van der Waals surface area contributed by atoms with Gasteiger partial charge in [-0.15, -0.1) is 0 Å². The molecule has 0 aromatic heterocycles. The largest absolute Gasteiger partial charge is 0.387 e. The molecule has 0 radical (unpaired) electrons. The Morgan fingerprint density at radius 2 is 1.00 bits per heavy atom. The zero-order chi connectivity index (χ0) is 32.0. The van der Waals surface area contributed by atoms with Crippen molar-refractivity contribution in [1.82, 2.24) is 5.32 Å². The number of allylic oxidation sites excluding steroid dienone is 1. The average Bonchev–Trinajstić information content (AvgIpc) is 2.96. The minimum Gasteiger partial charge on any atom is -0.387 e. The Bertz CT molecular complexity index is 757. The Balaban J connectivity index is 4.05. The van der Waals surface area contributed by atoms with E-state index in [1.807, 2.05) is 0 Å². The molecule has 0 bridgehead atoms. The number of hydrogen-bond acceptors (Lipinski definition) is 5. The summed E-state index contributed by atoms with van der Waals surface area (Å²) in [5.74, 6) is -1.53. The second kappa shape index (κ2) is 29.7. The molecular formula is C35H69NO6S. The highest BCUT2D eigenvalue weighted by Gasteiger charge is 2.27. The highest BCUT2D eigenvalue weighted by molar-refractivity contribution is 7.85. The molecule has 1 amide bonds. The summed E-state index contributed by atoms with van der Waals surface area (Å²) in [5, 5.41) is 23.2. The lowest BCUT2D eigenvalue weighted by Crippen LogP contribution is -2.50. The van der Waals surface area contributed by atoms with Crippen molar-refractivity contribution in [2.24, 2.45) is 0 Å². The highest BCUT2D eigenvalue weighted by Crippen LogP contribution is 2.15. The van der Waals surface area contributed by atoms with Crippen molar-refractivity contribution < 1.29 is 28.0 Å². The third-order valence-corrected chi connectivity index (χ3v) is 9.10. The van der Waals surface area contributed by atoms with Gasteiger partial charge < -0.3 is 15.5 Å². The number of aliphatic hydroxyl groups excluding tert-OH is 2. The molecule has 3 unspecified atom stereocenters. The Morgan fingerprint density at radius 1 is 0.628 bits per heavy atom. The van der Waals surface area contributed by atoms with Crippen molar-refractivity contribution >= 4 is 16.0 Å². The summed E-state index contributed by atoms with van der Waals surface area (Å²) in [4.78, 5) is 12.5. The van der Waals surface area contributed by atoms with Gasteiger partial charge in [0.25, 0.3) is 10.1 Å². The third kappa shape index (κ3) is 29.5. The van der Waals surface area contributed by atoms with Crippen LogP contribution in [0.25, 0.3) is 0 Å². The summed E-state index contributed by atoms with van der Waals surface area (Å²) in [6.07, 6.45) is 31.4. The second-order valence-electron chi connectivity index (χ2n) is 12.7. The Hall–Kier alpha value is -0.960. The lowest BCUT2D eigenvalue weighted by atomic mass is 10.0. The molecule has 43 heavy (non-hydrogen) atoms. The SMILES string of the molecule is CCCCCCCCCCCCCCCCCC/C=C/C(O)C(CS(=O)(=O)O)NC(=O)C(O)CCCCCCCCCC. The van der Waals surface area contributed by atoms with Gasteiger partial charge in [0.2, 0.25) is 5.91 Å². The molecule has 4 N–H and O–H groups in total. The van der Waals surface area contributed by atoms with Gasteiger partial charge in [-0.1, -0.05) is 174 Å². The van der Waals surface area contributed by atoms with Crippen molar-refractivity contribution in [3.8, 4) is 0 Å². The van der Waals surface area contributed by atoms with E-state index in [4.69, 9.17) is 0 Å². The van der Waals surface area contributed by atoms with Gasteiger partial charge in [-0.25, -0.2) is 0 Å². The molecule has 0 aliphatic carbocycles. The zero-order valence-electron chi connectivity index (χ0n) is 28.0. The van der Waals surface area contributed by atoms with Crippen LogP contribution in [0.3, 0.4) is 0 Å². The molecule has 0 saturated heterocycles. The lowest BCUT2D eigenvalue weighted by molar-refractivity contribution is -0.130. The van der Waals surface area contributed by atoms with Crippen LogP contribution in [0.5, 0.6) is 0 Å². The van der Waals surface area contributed by atoms with Gasteiger partial charge in [-0.2, -0.15) is 8.42 Å². The maximum atomic E-state index is 12.5. The molecular weight excluding hydrogens is 562 g/mol. The van der Waals surface area contributed by atoms with Crippen LogP contribution >= 0.6 is 0 Å². The summed E-state index contributed by atoms with van der Waals surface area (Å²) in [6, 6.07) is -1.22. The standard InChI is InChI=1S/C35H69NO6S/c1-3-5-7-9-11-13-14-15-16-17-18-19-20-21-22-24-25-27-29-33(37)32(31-43(40,41)42)36-35(39)34(38)30-28-26-23-12-10-8-6-4-2/h27,29,32-34,37-38H,3-26,28,30-31H2,1-2H3,(H,36,39)(H,40,41,42)/b29-27+. The Labute approximate surface area is 265 Å². The van der Waals surface area contributed by atoms with Crippen LogP contribution in [0.15, 0.2) is 12.2 Å². The molecule has 0 rings (SSSR count). The van der Waals surface area contributed by atoms with Gasteiger partial charge in [-0.05, 0) is 19.3 Å². The predicted molar refractivity (Wildman–Crippen MR) is 181 cm³/mol. The van der Waals surface area contributed by atoms with E-state index in [9.17, 15) is 28.0 Å². The van der Waals surface area contributed by atoms with Gasteiger partial charge >= 0.3 is 0 Å². The fourth-order valence-corrected chi connectivity index (χ4v) is 6.25. The average molecular weight is 632 g/mol. The molecule has 0 spiro atoms. The van der Waals surface area contributed by atoms with Crippen LogP contribution in [-0.4, -0.2) is 53.1 Å². The summed E-state index contributed by atoms with van der Waals surface area (Å²) >= 11 is 0. The molecule has 256 valence electrons. The molecule has 0 aromatic rings. The van der Waals surface area contributed by atoms with Crippen LogP contribution in [0.4, 0.5) is 0 Å². The summed E-state index contributed by atoms with van der Waals surface area (Å²) in [7, 11) is -4.43. The van der Waals surface area contributed by atoms with Gasteiger partial charge in [0.05, 0.1) is 17.9 Å². The maximum Gasteiger partial charge on any atom is 0.267 e. The van der Waals surface area contributed by atoms with E-state index in [1.54, 1.807) is 6.08 Å². The molecule has 0 saturated carbocycles. The molecule has 0 fully saturated rings. The number of aliphatic hydroxyl groups is 2. The topological polar surface area (TPSA) is 124 Å². The van der Waals surface area contributed by atoms with E-state index >= 15 is 0 Å². The van der Waals surface area contributed by atoms with Crippen molar-refractivity contribution in [3.63, 3.8) is 0 Å². The number of nitrogens with one attached hydrogen (secondary N) is 1. The number of amides is 1. The first-order valence-electron chi connectivity index (χ1n) is 18.0. The molecule has 0 aliphatic heterocycles. The second-order valence-corrected chi connectivity index (χ2v) is 14.2. The van der Waals surface area contributed by atoms with Crippen molar-refractivity contribution in [2.75, 3.05) is 5.75 Å². The Morgan fingerprint density at radius 3 is 1.40 bits per heavy atom. The first-order valence-corrected chi connectivity index (χ1v) is 19.6. The summed E-state index contributed by atoms with van der Waals surface area (Å²) < 4.78 is 32.3. The minimum absolute atomic E-state index is 0.282. The van der Waals surface area contributed by atoms with E-state index < -0.39 is 40.0 Å². The predicted octanol–water partition coefficient (Wildman–Crippen LogP) is 8.82. The van der Waals surface area contributed by atoms with Crippen molar-refractivity contribution in [1.29, 1.82) is 0 Å². The summed E-state index contributed by atoms with van der Waals surface area (Å²) in [5.41, 5.74) is 0. The molecule has 0 aromatic carbocycles. The number of carbonyl (C=O) groups excluding carboxylic acids is 1. The van der Waals surface area contributed by atoms with Gasteiger partial charge in [0.1, 0.15) is 6.10 Å². The number of rotatable bonds is 32. The van der Waals surface area contributed by atoms with Crippen LogP contribution in [0.2, 0.25) is 0 Å². The van der Waals surface area contributed by atoms with E-state index in [0.717, 1.165) is 38.5 Å². The fraction of sp³-hybridized carbons (Fsp3) is 0.914. The van der Waals surface area contributed by atoms with E-state index in [2.05, 4.69) is 19.2 Å². The van der Waals surface area contributed by atoms with Crippen molar-refractivity contribution in [2.45, 2.75) is 199 Å².